The second kappa shape index (κ2) is 9.49. The molecule has 7 heteroatoms. The summed E-state index contributed by atoms with van der Waals surface area (Å²) in [5.74, 6) is -0.486. The predicted molar refractivity (Wildman–Crippen MR) is 117 cm³/mol. The second-order valence-corrected chi connectivity index (χ2v) is 8.46. The summed E-state index contributed by atoms with van der Waals surface area (Å²) in [6.45, 7) is 5.80. The molecule has 0 saturated carbocycles. The van der Waals surface area contributed by atoms with Gasteiger partial charge in [0.15, 0.2) is 0 Å². The minimum atomic E-state index is -0.931. The number of hydrogen-bond acceptors (Lipinski definition) is 5. The third-order valence-corrected chi connectivity index (χ3v) is 5.20. The van der Waals surface area contributed by atoms with Crippen LogP contribution in [0.4, 0.5) is 4.79 Å². The van der Waals surface area contributed by atoms with Crippen molar-refractivity contribution in [3.05, 3.63) is 59.7 Å². The normalized spacial score (nSPS) is 13.8. The molecular weight excluding hydrogens is 396 g/mol. The molecule has 31 heavy (non-hydrogen) atoms. The van der Waals surface area contributed by atoms with Crippen LogP contribution >= 0.6 is 0 Å². The Balaban J connectivity index is 1.68. The van der Waals surface area contributed by atoms with Crippen LogP contribution in [0, 0.1) is 0 Å². The number of amides is 2. The van der Waals surface area contributed by atoms with Gasteiger partial charge in [-0.25, -0.2) is 9.86 Å². The van der Waals surface area contributed by atoms with E-state index < -0.39 is 23.6 Å². The number of carbonyl (C=O) groups excluding carboxylic acids is 2. The van der Waals surface area contributed by atoms with E-state index in [9.17, 15) is 9.59 Å². The lowest BCUT2D eigenvalue weighted by atomic mass is 9.98. The van der Waals surface area contributed by atoms with E-state index in [-0.39, 0.29) is 19.1 Å². The van der Waals surface area contributed by atoms with Gasteiger partial charge in [0.25, 0.3) is 5.91 Å². The van der Waals surface area contributed by atoms with Gasteiger partial charge in [0.1, 0.15) is 12.6 Å². The maximum Gasteiger partial charge on any atom is 0.407 e. The van der Waals surface area contributed by atoms with Crippen molar-refractivity contribution >= 4 is 12.0 Å². The fraction of sp³-hybridized carbons (Fsp3) is 0.417. The Morgan fingerprint density at radius 2 is 1.58 bits per heavy atom. The molecule has 0 saturated heterocycles. The van der Waals surface area contributed by atoms with Crippen LogP contribution < -0.4 is 5.32 Å². The molecule has 0 spiro atoms. The number of rotatable bonds is 7. The van der Waals surface area contributed by atoms with E-state index in [0.717, 1.165) is 27.3 Å². The zero-order valence-corrected chi connectivity index (χ0v) is 18.7. The van der Waals surface area contributed by atoms with Crippen LogP contribution in [-0.2, 0) is 19.1 Å². The summed E-state index contributed by atoms with van der Waals surface area (Å²) in [7, 11) is 2.86. The minimum Gasteiger partial charge on any atom is -0.449 e. The summed E-state index contributed by atoms with van der Waals surface area (Å²) >= 11 is 0. The molecule has 0 bridgehead atoms. The Morgan fingerprint density at radius 1 is 1.03 bits per heavy atom. The van der Waals surface area contributed by atoms with Crippen LogP contribution in [0.2, 0.25) is 0 Å². The highest BCUT2D eigenvalue weighted by Crippen LogP contribution is 2.44. The maximum atomic E-state index is 12.6. The fourth-order valence-electron chi connectivity index (χ4n) is 3.60. The van der Waals surface area contributed by atoms with Gasteiger partial charge < -0.3 is 14.8 Å². The molecule has 0 unspecified atom stereocenters. The van der Waals surface area contributed by atoms with Gasteiger partial charge in [-0.1, -0.05) is 48.5 Å². The van der Waals surface area contributed by atoms with Crippen LogP contribution in [-0.4, -0.2) is 56.1 Å². The van der Waals surface area contributed by atoms with Crippen molar-refractivity contribution in [2.75, 3.05) is 27.4 Å². The van der Waals surface area contributed by atoms with Gasteiger partial charge in [-0.15, -0.1) is 0 Å². The molecule has 1 atom stereocenters. The molecule has 3 rings (SSSR count). The summed E-state index contributed by atoms with van der Waals surface area (Å²) < 4.78 is 11.3. The Labute approximate surface area is 183 Å². The SMILES string of the molecule is CON(C)C(=O)[C@@H](COC(C)(C)C)NC(=O)OCC1c2ccccc2-c2ccccc21. The van der Waals surface area contributed by atoms with Crippen molar-refractivity contribution in [3.63, 3.8) is 0 Å². The molecule has 2 aromatic carbocycles. The average molecular weight is 427 g/mol. The Morgan fingerprint density at radius 3 is 2.10 bits per heavy atom. The van der Waals surface area contributed by atoms with Crippen LogP contribution in [0.25, 0.3) is 11.1 Å². The van der Waals surface area contributed by atoms with Crippen molar-refractivity contribution in [1.82, 2.24) is 10.4 Å². The van der Waals surface area contributed by atoms with Gasteiger partial charge in [-0.3, -0.25) is 9.63 Å². The van der Waals surface area contributed by atoms with Crippen LogP contribution in [0.3, 0.4) is 0 Å². The lowest BCUT2D eigenvalue weighted by Crippen LogP contribution is -2.50. The number of ether oxygens (including phenoxy) is 2. The van der Waals surface area contributed by atoms with Gasteiger partial charge in [0.05, 0.1) is 19.3 Å². The third kappa shape index (κ3) is 5.42. The van der Waals surface area contributed by atoms with Crippen molar-refractivity contribution in [1.29, 1.82) is 0 Å². The molecule has 0 radical (unpaired) electrons. The summed E-state index contributed by atoms with van der Waals surface area (Å²) in [6.07, 6.45) is -0.678. The third-order valence-electron chi connectivity index (χ3n) is 5.20. The highest BCUT2D eigenvalue weighted by molar-refractivity contribution is 5.85. The number of nitrogens with zero attached hydrogens (tertiary/aromatic N) is 1. The zero-order valence-electron chi connectivity index (χ0n) is 18.7. The highest BCUT2D eigenvalue weighted by Gasteiger charge is 2.31. The zero-order chi connectivity index (χ0) is 22.6. The molecule has 0 fully saturated rings. The van der Waals surface area contributed by atoms with E-state index in [4.69, 9.17) is 14.3 Å². The van der Waals surface area contributed by atoms with E-state index >= 15 is 0 Å². The predicted octanol–water partition coefficient (Wildman–Crippen LogP) is 3.73. The first-order chi connectivity index (χ1) is 14.7. The molecule has 7 nitrogen and oxygen atoms in total. The van der Waals surface area contributed by atoms with Gasteiger partial charge in [0.2, 0.25) is 0 Å². The van der Waals surface area contributed by atoms with Gasteiger partial charge in [-0.05, 0) is 43.0 Å². The van der Waals surface area contributed by atoms with E-state index in [1.165, 1.54) is 14.2 Å². The molecular formula is C24H30N2O5. The number of nitrogens with one attached hydrogen (secondary N) is 1. The molecule has 0 heterocycles. The topological polar surface area (TPSA) is 77.1 Å². The van der Waals surface area contributed by atoms with E-state index in [2.05, 4.69) is 29.6 Å². The first-order valence-corrected chi connectivity index (χ1v) is 10.3. The van der Waals surface area contributed by atoms with Crippen molar-refractivity contribution in [2.24, 2.45) is 0 Å². The number of hydroxylamine groups is 2. The smallest absolute Gasteiger partial charge is 0.407 e. The number of likely N-dealkylation sites (N-methyl/N-ethyl adjacent to an activating group) is 1. The summed E-state index contributed by atoms with van der Waals surface area (Å²) in [6, 6.07) is 15.3. The maximum absolute atomic E-state index is 12.6. The first-order valence-electron chi connectivity index (χ1n) is 10.3. The van der Waals surface area contributed by atoms with Crippen molar-refractivity contribution in [3.8, 4) is 11.1 Å². The van der Waals surface area contributed by atoms with E-state index in [1.807, 2.05) is 45.0 Å². The summed E-state index contributed by atoms with van der Waals surface area (Å²) in [5.41, 5.74) is 4.09. The molecule has 1 N–H and O–H groups in total. The number of alkyl carbamates (subject to hydrolysis) is 1. The van der Waals surface area contributed by atoms with Crippen molar-refractivity contribution in [2.45, 2.75) is 38.3 Å². The van der Waals surface area contributed by atoms with E-state index in [0.29, 0.717) is 0 Å². The Kier molecular flexibility index (Phi) is 6.97. The molecule has 1 aliphatic rings. The standard InChI is InChI=1S/C24H30N2O5/c1-24(2,3)31-15-21(22(27)26(4)29-5)25-23(28)30-14-20-18-12-8-6-10-16(18)17-11-7-9-13-19(17)20/h6-13,20-21H,14-15H2,1-5H3,(H,25,28)/t21-/m1/s1. The second-order valence-electron chi connectivity index (χ2n) is 8.46. The minimum absolute atomic E-state index is 0.000227. The molecule has 2 aromatic rings. The monoisotopic (exact) mass is 426 g/mol. The van der Waals surface area contributed by atoms with Crippen LogP contribution in [0.15, 0.2) is 48.5 Å². The number of hydrogen-bond donors (Lipinski definition) is 1. The lowest BCUT2D eigenvalue weighted by Gasteiger charge is -2.26. The van der Waals surface area contributed by atoms with Crippen LogP contribution in [0.1, 0.15) is 37.8 Å². The molecule has 1 aliphatic carbocycles. The molecule has 0 aliphatic heterocycles. The van der Waals surface area contributed by atoms with Crippen molar-refractivity contribution < 1.29 is 23.9 Å². The van der Waals surface area contributed by atoms with Crippen LogP contribution in [0.5, 0.6) is 0 Å². The Hall–Kier alpha value is -2.90. The quantitative estimate of drug-likeness (QED) is 0.683. The first kappa shape index (κ1) is 22.8. The number of benzene rings is 2. The summed E-state index contributed by atoms with van der Waals surface area (Å²) in [4.78, 5) is 30.1. The average Bonchev–Trinajstić information content (AvgIpc) is 3.07. The van der Waals surface area contributed by atoms with Gasteiger partial charge in [0, 0.05) is 13.0 Å². The largest absolute Gasteiger partial charge is 0.449 e. The number of carbonyl (C=O) groups is 2. The fourth-order valence-corrected chi connectivity index (χ4v) is 3.60. The summed E-state index contributed by atoms with van der Waals surface area (Å²) in [5, 5.41) is 3.68. The Bertz CT molecular complexity index is 892. The molecule has 2 amide bonds. The van der Waals surface area contributed by atoms with Gasteiger partial charge in [-0.2, -0.15) is 0 Å². The highest BCUT2D eigenvalue weighted by atomic mass is 16.7. The van der Waals surface area contributed by atoms with E-state index in [1.54, 1.807) is 0 Å². The molecule has 166 valence electrons. The number of fused-ring (bicyclic) bond motifs is 3. The molecule has 0 aromatic heterocycles. The van der Waals surface area contributed by atoms with Gasteiger partial charge >= 0.3 is 6.09 Å². The lowest BCUT2D eigenvalue weighted by molar-refractivity contribution is -0.173.